The lowest BCUT2D eigenvalue weighted by Gasteiger charge is -2.31. The summed E-state index contributed by atoms with van der Waals surface area (Å²) in [5.74, 6) is -1.56. The van der Waals surface area contributed by atoms with Gasteiger partial charge in [-0.2, -0.15) is 9.40 Å². The van der Waals surface area contributed by atoms with Crippen molar-refractivity contribution in [2.45, 2.75) is 55.4 Å². The quantitative estimate of drug-likeness (QED) is 0.753. The molecule has 1 aliphatic heterocycles. The second kappa shape index (κ2) is 7.64. The molecule has 0 N–H and O–H groups in total. The summed E-state index contributed by atoms with van der Waals surface area (Å²) in [4.78, 5) is 11.7. The van der Waals surface area contributed by atoms with Crippen LogP contribution in [0, 0.1) is 11.6 Å². The molecule has 2 heterocycles. The molecular weight excluding hydrogens is 402 g/mol. The normalized spacial score (nSPS) is 19.8. The summed E-state index contributed by atoms with van der Waals surface area (Å²) in [6.45, 7) is 0.242. The maximum atomic E-state index is 14.0. The fourth-order valence-corrected chi connectivity index (χ4v) is 6.07. The average Bonchev–Trinajstić information content (AvgIpc) is 3.30. The van der Waals surface area contributed by atoms with Crippen molar-refractivity contribution in [2.75, 3.05) is 13.1 Å². The number of nitrogens with zero attached hydrogens (tertiary/aromatic N) is 4. The standard InChI is InChI=1S/C19H24F2N4O3S/c1-23-19(26)25(14-5-2-3-6-14)18(22-23)13-9-11-24(12-10-13)29(27,28)17-15(20)7-4-8-16(17)21/h4,7-8,13-14H,2-3,5-6,9-12H2,1H3. The lowest BCUT2D eigenvalue weighted by Crippen LogP contribution is -2.39. The van der Waals surface area contributed by atoms with Crippen LogP contribution in [0.25, 0.3) is 0 Å². The Morgan fingerprint density at radius 3 is 2.21 bits per heavy atom. The zero-order chi connectivity index (χ0) is 20.8. The highest BCUT2D eigenvalue weighted by atomic mass is 32.2. The molecule has 0 radical (unpaired) electrons. The van der Waals surface area contributed by atoms with Crippen LogP contribution in [0.1, 0.15) is 56.3 Å². The summed E-state index contributed by atoms with van der Waals surface area (Å²) in [6, 6.07) is 3.16. The van der Waals surface area contributed by atoms with E-state index in [4.69, 9.17) is 0 Å². The summed E-state index contributed by atoms with van der Waals surface area (Å²) >= 11 is 0. The number of aromatic nitrogens is 3. The van der Waals surface area contributed by atoms with Gasteiger partial charge in [0.2, 0.25) is 10.0 Å². The fraction of sp³-hybridized carbons (Fsp3) is 0.579. The number of halogens is 2. The molecule has 2 aromatic rings. The third-order valence-corrected chi connectivity index (χ3v) is 7.96. The fourth-order valence-electron chi connectivity index (χ4n) is 4.50. The first-order valence-corrected chi connectivity index (χ1v) is 11.3. The summed E-state index contributed by atoms with van der Waals surface area (Å²) in [7, 11) is -2.65. The van der Waals surface area contributed by atoms with Crippen molar-refractivity contribution in [3.05, 3.63) is 46.1 Å². The van der Waals surface area contributed by atoms with Gasteiger partial charge in [-0.05, 0) is 37.8 Å². The minimum absolute atomic E-state index is 0.0681. The maximum Gasteiger partial charge on any atom is 0.345 e. The van der Waals surface area contributed by atoms with Gasteiger partial charge in [0.15, 0.2) is 4.90 Å². The number of rotatable bonds is 4. The largest absolute Gasteiger partial charge is 0.345 e. The van der Waals surface area contributed by atoms with Gasteiger partial charge in [-0.1, -0.05) is 18.9 Å². The van der Waals surface area contributed by atoms with Crippen molar-refractivity contribution in [3.8, 4) is 0 Å². The topological polar surface area (TPSA) is 77.2 Å². The highest BCUT2D eigenvalue weighted by molar-refractivity contribution is 7.89. The molecule has 10 heteroatoms. The van der Waals surface area contributed by atoms with Crippen LogP contribution in [0.2, 0.25) is 0 Å². The molecule has 29 heavy (non-hydrogen) atoms. The van der Waals surface area contributed by atoms with Gasteiger partial charge in [-0.3, -0.25) is 4.57 Å². The van der Waals surface area contributed by atoms with E-state index in [0.29, 0.717) is 18.7 Å². The van der Waals surface area contributed by atoms with Gasteiger partial charge in [0.1, 0.15) is 17.5 Å². The molecule has 0 bridgehead atoms. The molecule has 0 atom stereocenters. The van der Waals surface area contributed by atoms with Gasteiger partial charge < -0.3 is 0 Å². The van der Waals surface area contributed by atoms with E-state index in [0.717, 1.165) is 48.2 Å². The van der Waals surface area contributed by atoms with Crippen LogP contribution < -0.4 is 5.69 Å². The smallest absolute Gasteiger partial charge is 0.276 e. The molecule has 0 unspecified atom stereocenters. The van der Waals surface area contributed by atoms with Gasteiger partial charge >= 0.3 is 5.69 Å². The van der Waals surface area contributed by atoms with E-state index in [1.807, 2.05) is 0 Å². The van der Waals surface area contributed by atoms with Gasteiger partial charge in [0, 0.05) is 32.1 Å². The van der Waals surface area contributed by atoms with Crippen molar-refractivity contribution < 1.29 is 17.2 Å². The number of hydrogen-bond donors (Lipinski definition) is 0. The predicted octanol–water partition coefficient (Wildman–Crippen LogP) is 2.54. The van der Waals surface area contributed by atoms with E-state index >= 15 is 0 Å². The minimum atomic E-state index is -4.27. The van der Waals surface area contributed by atoms with Crippen LogP contribution in [0.4, 0.5) is 8.78 Å². The molecule has 1 aliphatic carbocycles. The van der Waals surface area contributed by atoms with Crippen molar-refractivity contribution in [2.24, 2.45) is 7.05 Å². The SMILES string of the molecule is Cn1nc(C2CCN(S(=O)(=O)c3c(F)cccc3F)CC2)n(C2CCCC2)c1=O. The molecule has 1 aromatic carbocycles. The molecule has 2 aliphatic rings. The van der Waals surface area contributed by atoms with Crippen LogP contribution in [-0.2, 0) is 17.1 Å². The van der Waals surface area contributed by atoms with Crippen LogP contribution >= 0.6 is 0 Å². The van der Waals surface area contributed by atoms with E-state index in [2.05, 4.69) is 5.10 Å². The first-order valence-electron chi connectivity index (χ1n) is 9.90. The zero-order valence-electron chi connectivity index (χ0n) is 16.2. The van der Waals surface area contributed by atoms with E-state index in [-0.39, 0.29) is 30.7 Å². The van der Waals surface area contributed by atoms with Gasteiger partial charge in [0.25, 0.3) is 0 Å². The number of sulfonamides is 1. The Labute approximate surface area is 168 Å². The summed E-state index contributed by atoms with van der Waals surface area (Å²) < 4.78 is 57.8. The molecular formula is C19H24F2N4O3S. The van der Waals surface area contributed by atoms with Crippen LogP contribution in [0.3, 0.4) is 0 Å². The third kappa shape index (κ3) is 3.52. The van der Waals surface area contributed by atoms with Crippen molar-refractivity contribution in [1.82, 2.24) is 18.7 Å². The van der Waals surface area contributed by atoms with Crippen LogP contribution in [-0.4, -0.2) is 40.2 Å². The zero-order valence-corrected chi connectivity index (χ0v) is 17.0. The Hall–Kier alpha value is -2.07. The minimum Gasteiger partial charge on any atom is -0.276 e. The third-order valence-electron chi connectivity index (χ3n) is 6.01. The van der Waals surface area contributed by atoms with E-state index in [1.54, 1.807) is 11.6 Å². The molecule has 1 aromatic heterocycles. The maximum absolute atomic E-state index is 14.0. The average molecular weight is 426 g/mol. The molecule has 4 rings (SSSR count). The number of benzene rings is 1. The molecule has 1 saturated heterocycles. The monoisotopic (exact) mass is 426 g/mol. The Morgan fingerprint density at radius 2 is 1.62 bits per heavy atom. The molecule has 2 fully saturated rings. The Balaban J connectivity index is 1.56. The lowest BCUT2D eigenvalue weighted by atomic mass is 9.97. The number of hydrogen-bond acceptors (Lipinski definition) is 4. The molecule has 0 spiro atoms. The lowest BCUT2D eigenvalue weighted by molar-refractivity contribution is 0.302. The highest BCUT2D eigenvalue weighted by Crippen LogP contribution is 2.35. The summed E-state index contributed by atoms with van der Waals surface area (Å²) in [5, 5.41) is 4.43. The van der Waals surface area contributed by atoms with Gasteiger partial charge in [-0.15, -0.1) is 0 Å². The predicted molar refractivity (Wildman–Crippen MR) is 102 cm³/mol. The molecule has 1 saturated carbocycles. The van der Waals surface area contributed by atoms with Gasteiger partial charge in [-0.25, -0.2) is 26.7 Å². The molecule has 0 amide bonds. The van der Waals surface area contributed by atoms with Crippen molar-refractivity contribution in [1.29, 1.82) is 0 Å². The second-order valence-electron chi connectivity index (χ2n) is 7.80. The first-order chi connectivity index (χ1) is 13.8. The van der Waals surface area contributed by atoms with E-state index in [1.165, 1.54) is 4.68 Å². The molecule has 158 valence electrons. The van der Waals surface area contributed by atoms with E-state index in [9.17, 15) is 22.0 Å². The van der Waals surface area contributed by atoms with Crippen molar-refractivity contribution >= 4 is 10.0 Å². The summed E-state index contributed by atoms with van der Waals surface area (Å²) in [5.41, 5.74) is -0.143. The number of piperidine rings is 1. The number of aryl methyl sites for hydroxylation is 1. The Kier molecular flexibility index (Phi) is 5.32. The Bertz CT molecular complexity index is 1050. The highest BCUT2D eigenvalue weighted by Gasteiger charge is 2.36. The van der Waals surface area contributed by atoms with E-state index < -0.39 is 26.6 Å². The second-order valence-corrected chi connectivity index (χ2v) is 9.68. The Morgan fingerprint density at radius 1 is 1.03 bits per heavy atom. The van der Waals surface area contributed by atoms with Crippen LogP contribution in [0.5, 0.6) is 0 Å². The summed E-state index contributed by atoms with van der Waals surface area (Å²) in [6.07, 6.45) is 4.93. The molecule has 7 nitrogen and oxygen atoms in total. The van der Waals surface area contributed by atoms with Crippen LogP contribution in [0.15, 0.2) is 27.9 Å². The van der Waals surface area contributed by atoms with Gasteiger partial charge in [0.05, 0.1) is 0 Å². The van der Waals surface area contributed by atoms with Crippen molar-refractivity contribution in [3.63, 3.8) is 0 Å². The first kappa shape index (κ1) is 20.2.